The third-order valence-corrected chi connectivity index (χ3v) is 2.42. The van der Waals surface area contributed by atoms with Gasteiger partial charge in [0.1, 0.15) is 5.69 Å². The van der Waals surface area contributed by atoms with E-state index in [4.69, 9.17) is 5.21 Å². The summed E-state index contributed by atoms with van der Waals surface area (Å²) in [4.78, 5) is 17.3. The van der Waals surface area contributed by atoms with Gasteiger partial charge in [-0.2, -0.15) is 0 Å². The normalized spacial score (nSPS) is 9.60. The lowest BCUT2D eigenvalue weighted by Gasteiger charge is -1.72. The molecular weight excluding hydrogens is 234 g/mol. The van der Waals surface area contributed by atoms with E-state index < -0.39 is 0 Å². The van der Waals surface area contributed by atoms with E-state index in [1.54, 1.807) is 21.8 Å². The van der Waals surface area contributed by atoms with Crippen molar-refractivity contribution < 1.29 is 10.0 Å². The lowest BCUT2D eigenvalue weighted by Crippen LogP contribution is -1.76. The van der Waals surface area contributed by atoms with E-state index in [1.807, 2.05) is 0 Å². The average molecular weight is 241 g/mol. The molecule has 0 saturated heterocycles. The topological polar surface area (TPSA) is 75.4 Å². The predicted octanol–water partition coefficient (Wildman–Crippen LogP) is 1.91. The van der Waals surface area contributed by atoms with Crippen molar-refractivity contribution in [3.05, 3.63) is 33.2 Å². The molecule has 0 bridgehead atoms. The summed E-state index contributed by atoms with van der Waals surface area (Å²) in [5.41, 5.74) is 4.52. The molecule has 0 atom stereocenters. The first-order valence-electron chi connectivity index (χ1n) is 3.76. The van der Waals surface area contributed by atoms with Crippen LogP contribution in [0.3, 0.4) is 0 Å². The quantitative estimate of drug-likeness (QED) is 0.377. The van der Waals surface area contributed by atoms with E-state index in [1.165, 1.54) is 28.9 Å². The Morgan fingerprint density at radius 2 is 1.80 bits per heavy atom. The van der Waals surface area contributed by atoms with E-state index in [0.717, 1.165) is 6.29 Å². The molecule has 0 aliphatic heterocycles. The zero-order valence-corrected chi connectivity index (χ0v) is 9.11. The van der Waals surface area contributed by atoms with Crippen molar-refractivity contribution in [3.63, 3.8) is 0 Å². The van der Waals surface area contributed by atoms with Crippen LogP contribution in [0.4, 0.5) is 0 Å². The summed E-state index contributed by atoms with van der Waals surface area (Å²) < 4.78 is 0. The fraction of sp³-hybridized carbons (Fsp3) is 0. The summed E-state index contributed by atoms with van der Waals surface area (Å²) in [6, 6.07) is 0. The molecule has 0 aliphatic rings. The highest BCUT2D eigenvalue weighted by Crippen LogP contribution is 1.96. The van der Waals surface area contributed by atoms with Crippen LogP contribution >= 0.6 is 22.7 Å². The Kier molecular flexibility index (Phi) is 5.20. The van der Waals surface area contributed by atoms with Gasteiger partial charge in [-0.1, -0.05) is 5.16 Å². The van der Waals surface area contributed by atoms with Crippen molar-refractivity contribution in [1.29, 1.82) is 0 Å². The summed E-state index contributed by atoms with van der Waals surface area (Å²) in [6.45, 7) is 0. The van der Waals surface area contributed by atoms with Gasteiger partial charge in [-0.05, 0) is 0 Å². The van der Waals surface area contributed by atoms with Crippen LogP contribution < -0.4 is 0 Å². The van der Waals surface area contributed by atoms with Crippen LogP contribution in [-0.4, -0.2) is 27.7 Å². The zero-order chi connectivity index (χ0) is 10.9. The Balaban J connectivity index is 0.000000151. The first-order chi connectivity index (χ1) is 7.36. The van der Waals surface area contributed by atoms with Crippen LogP contribution in [0.25, 0.3) is 0 Å². The van der Waals surface area contributed by atoms with Crippen molar-refractivity contribution in [2.45, 2.75) is 0 Å². The minimum Gasteiger partial charge on any atom is -0.411 e. The Morgan fingerprint density at radius 1 is 1.20 bits per heavy atom. The van der Waals surface area contributed by atoms with Gasteiger partial charge in [0.25, 0.3) is 0 Å². The van der Waals surface area contributed by atoms with Crippen molar-refractivity contribution >= 4 is 35.2 Å². The second kappa shape index (κ2) is 6.80. The number of rotatable bonds is 2. The van der Waals surface area contributed by atoms with Crippen LogP contribution in [0.5, 0.6) is 0 Å². The van der Waals surface area contributed by atoms with E-state index >= 15 is 0 Å². The van der Waals surface area contributed by atoms with Gasteiger partial charge in [0, 0.05) is 10.8 Å². The molecule has 15 heavy (non-hydrogen) atoms. The largest absolute Gasteiger partial charge is 0.411 e. The average Bonchev–Trinajstić information content (AvgIpc) is 2.91. The number of carbonyl (C=O) groups excluding carboxylic acids is 1. The Labute approximate surface area is 93.7 Å². The predicted molar refractivity (Wildman–Crippen MR) is 59.0 cm³/mol. The van der Waals surface area contributed by atoms with Crippen LogP contribution in [0, 0.1) is 0 Å². The molecule has 5 nitrogen and oxygen atoms in total. The standard InChI is InChI=1S/C4H4N2OS.C4H3NOS/c7-6-1-4-2-8-3-5-4;6-1-4-2-7-3-5-4/h1-3,7H;1-3H. The van der Waals surface area contributed by atoms with Gasteiger partial charge in [0.05, 0.1) is 22.9 Å². The highest BCUT2D eigenvalue weighted by molar-refractivity contribution is 7.08. The molecular formula is C8H7N3O2S2. The molecule has 7 heteroatoms. The molecule has 2 aromatic rings. The third kappa shape index (κ3) is 4.43. The summed E-state index contributed by atoms with van der Waals surface area (Å²) in [7, 11) is 0. The molecule has 0 spiro atoms. The van der Waals surface area contributed by atoms with E-state index in [-0.39, 0.29) is 0 Å². The van der Waals surface area contributed by atoms with Gasteiger partial charge in [-0.25, -0.2) is 9.97 Å². The van der Waals surface area contributed by atoms with Crippen molar-refractivity contribution in [3.8, 4) is 0 Å². The molecule has 0 radical (unpaired) electrons. The Bertz CT molecular complexity index is 397. The second-order valence-corrected chi connectivity index (χ2v) is 3.63. The molecule has 0 amide bonds. The molecule has 2 heterocycles. The van der Waals surface area contributed by atoms with Gasteiger partial charge >= 0.3 is 0 Å². The Hall–Kier alpha value is -1.60. The first-order valence-corrected chi connectivity index (χ1v) is 5.64. The molecule has 1 N–H and O–H groups in total. The van der Waals surface area contributed by atoms with Gasteiger partial charge in [0.2, 0.25) is 0 Å². The maximum absolute atomic E-state index is 9.81. The summed E-state index contributed by atoms with van der Waals surface area (Å²) in [5, 5.41) is 14.3. The number of hydrogen-bond donors (Lipinski definition) is 1. The molecule has 0 saturated carbocycles. The SMILES string of the molecule is O=Cc1cscn1.ON=Cc1cscn1. The lowest BCUT2D eigenvalue weighted by molar-refractivity contribution is 0.111. The van der Waals surface area contributed by atoms with Gasteiger partial charge in [-0.3, -0.25) is 4.79 Å². The minimum absolute atomic E-state index is 0.519. The van der Waals surface area contributed by atoms with E-state index in [2.05, 4.69) is 15.1 Å². The molecule has 2 rings (SSSR count). The number of carbonyl (C=O) groups is 1. The van der Waals surface area contributed by atoms with Crippen molar-refractivity contribution in [2.24, 2.45) is 5.16 Å². The molecule has 0 fully saturated rings. The monoisotopic (exact) mass is 241 g/mol. The number of thiazole rings is 2. The third-order valence-electron chi connectivity index (χ3n) is 1.21. The summed E-state index contributed by atoms with van der Waals surface area (Å²) >= 11 is 2.89. The van der Waals surface area contributed by atoms with E-state index in [0.29, 0.717) is 11.4 Å². The molecule has 0 aliphatic carbocycles. The minimum atomic E-state index is 0.519. The van der Waals surface area contributed by atoms with Crippen LogP contribution in [0.2, 0.25) is 0 Å². The highest BCUT2D eigenvalue weighted by atomic mass is 32.1. The number of hydrogen-bond acceptors (Lipinski definition) is 7. The van der Waals surface area contributed by atoms with Gasteiger partial charge in [-0.15, -0.1) is 22.7 Å². The van der Waals surface area contributed by atoms with Crippen molar-refractivity contribution in [2.75, 3.05) is 0 Å². The summed E-state index contributed by atoms with van der Waals surface area (Å²) in [6.07, 6.45) is 2.02. The lowest BCUT2D eigenvalue weighted by atomic mass is 10.6. The fourth-order valence-corrected chi connectivity index (χ4v) is 1.63. The maximum atomic E-state index is 9.81. The number of nitrogens with zero attached hydrogens (tertiary/aromatic N) is 3. The van der Waals surface area contributed by atoms with E-state index in [9.17, 15) is 4.79 Å². The number of aromatic nitrogens is 2. The van der Waals surface area contributed by atoms with Gasteiger partial charge < -0.3 is 5.21 Å². The zero-order valence-electron chi connectivity index (χ0n) is 7.48. The van der Waals surface area contributed by atoms with Crippen LogP contribution in [-0.2, 0) is 0 Å². The Morgan fingerprint density at radius 3 is 2.13 bits per heavy atom. The number of oxime groups is 1. The second-order valence-electron chi connectivity index (χ2n) is 2.19. The van der Waals surface area contributed by atoms with Crippen LogP contribution in [0.1, 0.15) is 16.2 Å². The molecule has 0 aromatic carbocycles. The number of aldehydes is 1. The van der Waals surface area contributed by atoms with Crippen LogP contribution in [0.15, 0.2) is 26.9 Å². The first kappa shape index (κ1) is 11.5. The maximum Gasteiger partial charge on any atom is 0.169 e. The fourth-order valence-electron chi connectivity index (χ4n) is 0.625. The smallest absolute Gasteiger partial charge is 0.169 e. The highest BCUT2D eigenvalue weighted by Gasteiger charge is 1.85. The van der Waals surface area contributed by atoms with Crippen molar-refractivity contribution in [1.82, 2.24) is 9.97 Å². The molecule has 2 aromatic heterocycles. The molecule has 78 valence electrons. The molecule has 0 unspecified atom stereocenters. The van der Waals surface area contributed by atoms with Gasteiger partial charge in [0.15, 0.2) is 6.29 Å². The summed E-state index contributed by atoms with van der Waals surface area (Å²) in [5.74, 6) is 0.